The van der Waals surface area contributed by atoms with E-state index in [0.717, 1.165) is 30.6 Å². The van der Waals surface area contributed by atoms with E-state index in [2.05, 4.69) is 4.98 Å². The van der Waals surface area contributed by atoms with Crippen molar-refractivity contribution in [2.75, 3.05) is 0 Å². The summed E-state index contributed by atoms with van der Waals surface area (Å²) in [5.74, 6) is -11.1. The second-order valence-electron chi connectivity index (χ2n) is 7.16. The van der Waals surface area contributed by atoms with Crippen LogP contribution < -0.4 is 5.56 Å². The third-order valence-electron chi connectivity index (χ3n) is 5.25. The molecule has 0 fully saturated rings. The smallest absolute Gasteiger partial charge is 0.349 e. The van der Waals surface area contributed by atoms with E-state index in [4.69, 9.17) is 4.74 Å². The van der Waals surface area contributed by atoms with Gasteiger partial charge in [-0.1, -0.05) is 6.42 Å². The van der Waals surface area contributed by atoms with Gasteiger partial charge in [-0.3, -0.25) is 9.36 Å². The Balaban J connectivity index is 1.68. The summed E-state index contributed by atoms with van der Waals surface area (Å²) in [6, 6.07) is 0. The van der Waals surface area contributed by atoms with Crippen LogP contribution in [0.15, 0.2) is 4.79 Å². The standard InChI is InChI=1S/C20H15F5N2O3S/c1-8-11-18(26-10-5-3-2-4-6-27(10)19(11)28)31-17(8)20(29)30-7-9-12(21)14(23)16(25)15(24)13(9)22/h2-7H2,1H3. The molecule has 1 aromatic carbocycles. The first-order chi connectivity index (χ1) is 14.7. The Hall–Kier alpha value is -2.82. The number of rotatable bonds is 3. The largest absolute Gasteiger partial charge is 0.456 e. The van der Waals surface area contributed by atoms with Crippen molar-refractivity contribution in [2.24, 2.45) is 0 Å². The Morgan fingerprint density at radius 2 is 1.68 bits per heavy atom. The molecule has 0 aliphatic carbocycles. The minimum absolute atomic E-state index is 0.0239. The third-order valence-corrected chi connectivity index (χ3v) is 6.41. The Bertz CT molecular complexity index is 1260. The maximum atomic E-state index is 13.8. The zero-order valence-corrected chi connectivity index (χ0v) is 17.0. The van der Waals surface area contributed by atoms with Crippen LogP contribution in [0.1, 0.15) is 45.9 Å². The van der Waals surface area contributed by atoms with Crippen molar-refractivity contribution in [1.82, 2.24) is 9.55 Å². The number of hydrogen-bond donors (Lipinski definition) is 0. The van der Waals surface area contributed by atoms with Crippen LogP contribution in [0.25, 0.3) is 10.2 Å². The number of ether oxygens (including phenoxy) is 1. The molecule has 0 amide bonds. The zero-order valence-electron chi connectivity index (χ0n) is 16.2. The van der Waals surface area contributed by atoms with Gasteiger partial charge in [-0.15, -0.1) is 11.3 Å². The fraction of sp³-hybridized carbons (Fsp3) is 0.350. The average molecular weight is 458 g/mol. The number of aromatic nitrogens is 2. The van der Waals surface area contributed by atoms with E-state index in [1.807, 2.05) is 0 Å². The molecule has 0 saturated heterocycles. The van der Waals surface area contributed by atoms with Crippen molar-refractivity contribution in [3.63, 3.8) is 0 Å². The minimum atomic E-state index is -2.29. The second kappa shape index (κ2) is 8.03. The van der Waals surface area contributed by atoms with Gasteiger partial charge in [0.25, 0.3) is 5.56 Å². The first kappa shape index (κ1) is 21.4. The lowest BCUT2D eigenvalue weighted by Gasteiger charge is -2.09. The van der Waals surface area contributed by atoms with Gasteiger partial charge in [0.15, 0.2) is 23.3 Å². The number of carbonyl (C=O) groups is 1. The third kappa shape index (κ3) is 3.50. The van der Waals surface area contributed by atoms with Crippen LogP contribution in [0.3, 0.4) is 0 Å². The molecule has 1 aliphatic heterocycles. The van der Waals surface area contributed by atoms with Gasteiger partial charge >= 0.3 is 5.97 Å². The number of nitrogens with zero attached hydrogens (tertiary/aromatic N) is 2. The van der Waals surface area contributed by atoms with Gasteiger partial charge in [-0.2, -0.15) is 0 Å². The number of hydrogen-bond acceptors (Lipinski definition) is 5. The summed E-state index contributed by atoms with van der Waals surface area (Å²) in [7, 11) is 0. The van der Waals surface area contributed by atoms with Gasteiger partial charge in [-0.05, 0) is 25.3 Å². The summed E-state index contributed by atoms with van der Waals surface area (Å²) in [5.41, 5.74) is -1.25. The van der Waals surface area contributed by atoms with Gasteiger partial charge in [0.2, 0.25) is 5.82 Å². The molecule has 0 atom stereocenters. The first-order valence-corrected chi connectivity index (χ1v) is 10.2. The number of esters is 1. The maximum Gasteiger partial charge on any atom is 0.349 e. The number of benzene rings is 1. The molecule has 0 unspecified atom stereocenters. The SMILES string of the molecule is Cc1c(C(=O)OCc2c(F)c(F)c(F)c(F)c2F)sc2nc3n(c(=O)c12)CCCCC3. The molecule has 4 rings (SSSR count). The highest BCUT2D eigenvalue weighted by molar-refractivity contribution is 7.20. The number of carbonyl (C=O) groups excluding carboxylic acids is 1. The molecule has 0 spiro atoms. The van der Waals surface area contributed by atoms with Crippen LogP contribution in [0.2, 0.25) is 0 Å². The van der Waals surface area contributed by atoms with E-state index < -0.39 is 47.2 Å². The molecule has 164 valence electrons. The number of aryl methyl sites for hydroxylation is 2. The van der Waals surface area contributed by atoms with Crippen LogP contribution >= 0.6 is 11.3 Å². The van der Waals surface area contributed by atoms with Gasteiger partial charge in [0, 0.05) is 13.0 Å². The molecule has 0 saturated carbocycles. The molecule has 0 radical (unpaired) electrons. The Kier molecular flexibility index (Phi) is 5.54. The second-order valence-corrected chi connectivity index (χ2v) is 8.16. The molecule has 0 N–H and O–H groups in total. The maximum absolute atomic E-state index is 13.8. The lowest BCUT2D eigenvalue weighted by Crippen LogP contribution is -2.24. The number of fused-ring (bicyclic) bond motifs is 2. The molecule has 3 heterocycles. The summed E-state index contributed by atoms with van der Waals surface area (Å²) in [6.45, 7) is 0.869. The van der Waals surface area contributed by atoms with E-state index in [1.165, 1.54) is 6.92 Å². The van der Waals surface area contributed by atoms with Crippen LogP contribution in [-0.4, -0.2) is 15.5 Å². The van der Waals surface area contributed by atoms with Gasteiger partial charge in [-0.25, -0.2) is 31.7 Å². The Morgan fingerprint density at radius 3 is 2.35 bits per heavy atom. The van der Waals surface area contributed by atoms with Crippen LogP contribution in [0.5, 0.6) is 0 Å². The van der Waals surface area contributed by atoms with E-state index >= 15 is 0 Å². The topological polar surface area (TPSA) is 61.2 Å². The fourth-order valence-corrected chi connectivity index (χ4v) is 4.67. The molecule has 5 nitrogen and oxygen atoms in total. The molecular formula is C20H15F5N2O3S. The minimum Gasteiger partial charge on any atom is -0.456 e. The molecule has 31 heavy (non-hydrogen) atoms. The zero-order chi connectivity index (χ0) is 22.4. The van der Waals surface area contributed by atoms with Crippen molar-refractivity contribution < 1.29 is 31.5 Å². The van der Waals surface area contributed by atoms with Crippen LogP contribution in [-0.2, 0) is 24.3 Å². The number of thiophene rings is 1. The lowest BCUT2D eigenvalue weighted by atomic mass is 10.2. The van der Waals surface area contributed by atoms with Crippen molar-refractivity contribution >= 4 is 27.5 Å². The van der Waals surface area contributed by atoms with Crippen molar-refractivity contribution in [1.29, 1.82) is 0 Å². The fourth-order valence-electron chi connectivity index (χ4n) is 3.58. The van der Waals surface area contributed by atoms with E-state index in [1.54, 1.807) is 4.57 Å². The van der Waals surface area contributed by atoms with Gasteiger partial charge in [0.1, 0.15) is 22.1 Å². The monoisotopic (exact) mass is 458 g/mol. The predicted octanol–water partition coefficient (Wildman–Crippen LogP) is 4.55. The van der Waals surface area contributed by atoms with E-state index in [0.29, 0.717) is 29.2 Å². The molecule has 3 aromatic rings. The highest BCUT2D eigenvalue weighted by Crippen LogP contribution is 2.30. The molecule has 11 heteroatoms. The quantitative estimate of drug-likeness (QED) is 0.250. The summed E-state index contributed by atoms with van der Waals surface area (Å²) >= 11 is 0.883. The summed E-state index contributed by atoms with van der Waals surface area (Å²) in [6.07, 6.45) is 3.33. The van der Waals surface area contributed by atoms with E-state index in [-0.39, 0.29) is 15.8 Å². The summed E-state index contributed by atoms with van der Waals surface area (Å²) < 4.78 is 73.8. The molecule has 2 aromatic heterocycles. The van der Waals surface area contributed by atoms with E-state index in [9.17, 15) is 31.5 Å². The summed E-state index contributed by atoms with van der Waals surface area (Å²) in [4.78, 5) is 30.2. The molecular weight excluding hydrogens is 443 g/mol. The molecule has 1 aliphatic rings. The normalized spacial score (nSPS) is 13.9. The summed E-state index contributed by atoms with van der Waals surface area (Å²) in [5, 5.41) is 0.249. The highest BCUT2D eigenvalue weighted by Gasteiger charge is 2.28. The highest BCUT2D eigenvalue weighted by atomic mass is 32.1. The Morgan fingerprint density at radius 1 is 1.03 bits per heavy atom. The van der Waals surface area contributed by atoms with Crippen molar-refractivity contribution in [3.05, 3.63) is 61.3 Å². The van der Waals surface area contributed by atoms with Crippen molar-refractivity contribution in [2.45, 2.75) is 45.8 Å². The van der Waals surface area contributed by atoms with Crippen molar-refractivity contribution in [3.8, 4) is 0 Å². The van der Waals surface area contributed by atoms with Gasteiger partial charge < -0.3 is 4.74 Å². The lowest BCUT2D eigenvalue weighted by molar-refractivity contribution is 0.0467. The van der Waals surface area contributed by atoms with Crippen LogP contribution in [0, 0.1) is 36.0 Å². The molecule has 0 bridgehead atoms. The Labute approximate surface area is 176 Å². The van der Waals surface area contributed by atoms with Gasteiger partial charge in [0.05, 0.1) is 10.9 Å². The average Bonchev–Trinajstić information content (AvgIpc) is 2.91. The predicted molar refractivity (Wildman–Crippen MR) is 102 cm³/mol. The van der Waals surface area contributed by atoms with Crippen LogP contribution in [0.4, 0.5) is 22.0 Å². The first-order valence-electron chi connectivity index (χ1n) is 9.42. The number of halogens is 5.